The second-order valence-electron chi connectivity index (χ2n) is 8.12. The number of fused-ring (bicyclic) bond motifs is 2. The van der Waals surface area contributed by atoms with E-state index < -0.39 is 22.5 Å². The summed E-state index contributed by atoms with van der Waals surface area (Å²) in [5.41, 5.74) is 0.188. The minimum Gasteiger partial charge on any atom is -0.455 e. The zero-order valence-corrected chi connectivity index (χ0v) is 19.0. The summed E-state index contributed by atoms with van der Waals surface area (Å²) < 4.78 is 15.2. The van der Waals surface area contributed by atoms with Gasteiger partial charge in [0.1, 0.15) is 16.5 Å². The first-order valence-corrected chi connectivity index (χ1v) is 11.1. The van der Waals surface area contributed by atoms with E-state index in [1.165, 1.54) is 0 Å². The minimum atomic E-state index is -0.961. The van der Waals surface area contributed by atoms with E-state index >= 15 is 0 Å². The first-order valence-electron chi connectivity index (χ1n) is 10.8. The second-order valence-corrected chi connectivity index (χ2v) is 8.55. The third-order valence-electron chi connectivity index (χ3n) is 5.97. The maximum Gasteiger partial charge on any atom is 0.350 e. The summed E-state index contributed by atoms with van der Waals surface area (Å²) in [5.74, 6) is 0.0423. The Morgan fingerprint density at radius 1 is 0.528 bits per heavy atom. The molecule has 0 fully saturated rings. The third kappa shape index (κ3) is 3.54. The Morgan fingerprint density at radius 2 is 0.917 bits per heavy atom. The van der Waals surface area contributed by atoms with Gasteiger partial charge in [0, 0.05) is 5.02 Å². The summed E-state index contributed by atoms with van der Waals surface area (Å²) in [5, 5.41) is -0.0646. The summed E-state index contributed by atoms with van der Waals surface area (Å²) in [4.78, 5) is 48.7. The van der Waals surface area contributed by atoms with Crippen LogP contribution in [0.25, 0.3) is 43.8 Å². The number of hydrogen-bond donors (Lipinski definition) is 0. The van der Waals surface area contributed by atoms with Crippen molar-refractivity contribution in [2.75, 3.05) is 0 Å². The highest BCUT2D eigenvalue weighted by molar-refractivity contribution is 6.30. The Balaban J connectivity index is 1.36. The molecule has 0 bridgehead atoms. The van der Waals surface area contributed by atoms with Gasteiger partial charge in [0.2, 0.25) is 0 Å². The van der Waals surface area contributed by atoms with Crippen LogP contribution in [0.5, 0.6) is 11.5 Å². The van der Waals surface area contributed by atoms with Crippen molar-refractivity contribution < 1.29 is 13.6 Å². The highest BCUT2D eigenvalue weighted by Gasteiger charge is 2.24. The molecule has 174 valence electrons. The molecule has 0 radical (unpaired) electrons. The van der Waals surface area contributed by atoms with Crippen molar-refractivity contribution in [2.45, 2.75) is 0 Å². The molecule has 2 aromatic heterocycles. The largest absolute Gasteiger partial charge is 0.455 e. The average Bonchev–Trinajstić information content (AvgIpc) is 3.34. The Hall–Kier alpha value is -4.75. The summed E-state index contributed by atoms with van der Waals surface area (Å²) in [7, 11) is 0. The Bertz CT molecular complexity index is 1900. The maximum absolute atomic E-state index is 12.3. The smallest absolute Gasteiger partial charge is 0.350 e. The highest BCUT2D eigenvalue weighted by Crippen LogP contribution is 2.34. The normalized spacial score (nSPS) is 11.4. The van der Waals surface area contributed by atoms with E-state index in [1.54, 1.807) is 12.1 Å². The third-order valence-corrected chi connectivity index (χ3v) is 6.22. The van der Waals surface area contributed by atoms with Gasteiger partial charge < -0.3 is 13.6 Å². The molecule has 4 aromatic carbocycles. The van der Waals surface area contributed by atoms with Gasteiger partial charge in [-0.25, -0.2) is 19.2 Å². The minimum absolute atomic E-state index is 0.155. The Kier molecular flexibility index (Phi) is 4.94. The van der Waals surface area contributed by atoms with Gasteiger partial charge in [-0.3, -0.25) is 0 Å². The van der Waals surface area contributed by atoms with Crippen LogP contribution in [-0.2, 0) is 0 Å². The van der Waals surface area contributed by atoms with Crippen molar-refractivity contribution in [2.24, 2.45) is 0 Å². The van der Waals surface area contributed by atoms with Crippen LogP contribution in [-0.4, -0.2) is 0 Å². The number of halogens is 1. The first kappa shape index (κ1) is 21.8. The van der Waals surface area contributed by atoms with Crippen molar-refractivity contribution in [3.8, 4) is 33.8 Å². The molecule has 0 aliphatic carbocycles. The Morgan fingerprint density at radius 3 is 1.36 bits per heavy atom. The van der Waals surface area contributed by atoms with Gasteiger partial charge >= 0.3 is 22.5 Å². The molecule has 0 aliphatic rings. The van der Waals surface area contributed by atoms with Crippen LogP contribution in [0, 0.1) is 0 Å². The van der Waals surface area contributed by atoms with Crippen molar-refractivity contribution in [1.82, 2.24) is 0 Å². The fourth-order valence-electron chi connectivity index (χ4n) is 4.20. The summed E-state index contributed by atoms with van der Waals surface area (Å²) in [6, 6.07) is 23.6. The lowest BCUT2D eigenvalue weighted by atomic mass is 10.0. The van der Waals surface area contributed by atoms with Crippen LogP contribution in [0.1, 0.15) is 0 Å². The number of benzene rings is 4. The van der Waals surface area contributed by atoms with E-state index in [2.05, 4.69) is 8.83 Å². The molecule has 36 heavy (non-hydrogen) atoms. The summed E-state index contributed by atoms with van der Waals surface area (Å²) >= 11 is 5.96. The molecule has 0 aliphatic heterocycles. The molecule has 0 spiro atoms. The van der Waals surface area contributed by atoms with Crippen LogP contribution in [0.2, 0.25) is 5.02 Å². The van der Waals surface area contributed by atoms with E-state index in [1.807, 2.05) is 60.7 Å². The topological polar surface area (TPSA) is 104 Å². The van der Waals surface area contributed by atoms with Crippen molar-refractivity contribution in [3.63, 3.8) is 0 Å². The molecule has 6 rings (SSSR count). The van der Waals surface area contributed by atoms with E-state index in [9.17, 15) is 19.2 Å². The summed E-state index contributed by atoms with van der Waals surface area (Å²) in [6.07, 6.45) is 0. The van der Waals surface area contributed by atoms with Crippen LogP contribution >= 0.6 is 11.6 Å². The standard InChI is InChI=1S/C28H13ClO7/c29-18-9-5-16(6-10-18)14-1-3-15(4-2-14)17-7-11-19(12-8-17)34-24-22-20(25(30)35-27(22)32)13-21-23(24)28(33)36-26(21)31/h1-13H. The van der Waals surface area contributed by atoms with E-state index in [-0.39, 0.29) is 33.0 Å². The van der Waals surface area contributed by atoms with E-state index in [4.69, 9.17) is 16.3 Å². The molecule has 0 N–H and O–H groups in total. The molecule has 6 aromatic rings. The van der Waals surface area contributed by atoms with Gasteiger partial charge in [0.15, 0.2) is 5.75 Å². The van der Waals surface area contributed by atoms with Gasteiger partial charge in [-0.05, 0) is 52.6 Å². The van der Waals surface area contributed by atoms with Gasteiger partial charge in [-0.1, -0.05) is 60.1 Å². The van der Waals surface area contributed by atoms with Crippen LogP contribution in [0.4, 0.5) is 0 Å². The van der Waals surface area contributed by atoms with E-state index in [0.29, 0.717) is 5.02 Å². The molecule has 8 heteroatoms. The molecular formula is C28H13ClO7. The highest BCUT2D eigenvalue weighted by atomic mass is 35.5. The average molecular weight is 497 g/mol. The fraction of sp³-hybridized carbons (Fsp3) is 0. The maximum atomic E-state index is 12.3. The lowest BCUT2D eigenvalue weighted by Crippen LogP contribution is -2.00. The Labute approximate surface area is 206 Å². The van der Waals surface area contributed by atoms with Crippen molar-refractivity contribution >= 4 is 33.1 Å². The van der Waals surface area contributed by atoms with Crippen LogP contribution < -0.4 is 27.2 Å². The van der Waals surface area contributed by atoms with Crippen molar-refractivity contribution in [1.29, 1.82) is 0 Å². The molecule has 0 amide bonds. The van der Waals surface area contributed by atoms with Gasteiger partial charge in [-0.2, -0.15) is 0 Å². The van der Waals surface area contributed by atoms with E-state index in [0.717, 1.165) is 28.3 Å². The number of ether oxygens (including phenoxy) is 1. The first-order chi connectivity index (χ1) is 17.4. The lowest BCUT2D eigenvalue weighted by Gasteiger charge is -2.09. The predicted octanol–water partition coefficient (Wildman–Crippen LogP) is 5.28. The molecule has 0 saturated carbocycles. The molecule has 0 saturated heterocycles. The van der Waals surface area contributed by atoms with Crippen molar-refractivity contribution in [3.05, 3.63) is 126 Å². The fourth-order valence-corrected chi connectivity index (χ4v) is 4.32. The molecule has 0 unspecified atom stereocenters. The predicted molar refractivity (Wildman–Crippen MR) is 136 cm³/mol. The lowest BCUT2D eigenvalue weighted by molar-refractivity contribution is 0.478. The van der Waals surface area contributed by atoms with Crippen LogP contribution in [0.15, 0.2) is 107 Å². The zero-order chi connectivity index (χ0) is 25.0. The van der Waals surface area contributed by atoms with Gasteiger partial charge in [-0.15, -0.1) is 0 Å². The number of hydrogen-bond acceptors (Lipinski definition) is 7. The number of furan rings is 2. The molecule has 7 nitrogen and oxygen atoms in total. The number of rotatable bonds is 4. The SMILES string of the molecule is O=c1oc(=O)c2c(Oc3ccc(-c4ccc(-c5ccc(Cl)cc5)cc4)cc3)c3c(=O)oc(=O)c3cc12. The van der Waals surface area contributed by atoms with Crippen LogP contribution in [0.3, 0.4) is 0 Å². The second kappa shape index (κ2) is 8.18. The molecule has 0 atom stereocenters. The molecule has 2 heterocycles. The molecular weight excluding hydrogens is 484 g/mol. The zero-order valence-electron chi connectivity index (χ0n) is 18.2. The summed E-state index contributed by atoms with van der Waals surface area (Å²) in [6.45, 7) is 0. The van der Waals surface area contributed by atoms with Gasteiger partial charge in [0.25, 0.3) is 0 Å². The van der Waals surface area contributed by atoms with Gasteiger partial charge in [0.05, 0.1) is 10.8 Å². The quantitative estimate of drug-likeness (QED) is 0.327. The monoisotopic (exact) mass is 496 g/mol.